The van der Waals surface area contributed by atoms with Crippen molar-refractivity contribution < 1.29 is 14.2 Å². The summed E-state index contributed by atoms with van der Waals surface area (Å²) in [5, 5.41) is 11.7. The molecule has 1 unspecified atom stereocenters. The predicted octanol–water partition coefficient (Wildman–Crippen LogP) is 0.991. The van der Waals surface area contributed by atoms with E-state index in [9.17, 15) is 4.39 Å². The Labute approximate surface area is 75.1 Å². The first kappa shape index (κ1) is 8.31. The summed E-state index contributed by atoms with van der Waals surface area (Å²) < 4.78 is 18.4. The first-order chi connectivity index (χ1) is 6.31. The van der Waals surface area contributed by atoms with Crippen molar-refractivity contribution in [3.63, 3.8) is 0 Å². The van der Waals surface area contributed by atoms with Crippen LogP contribution in [0.1, 0.15) is 0 Å². The number of ether oxygens (including phenoxy) is 1. The number of aliphatic hydroxyl groups excluding tert-OH is 1. The van der Waals surface area contributed by atoms with Gasteiger partial charge in [0.05, 0.1) is 12.6 Å². The van der Waals surface area contributed by atoms with Gasteiger partial charge < -0.3 is 15.2 Å². The third-order valence-corrected chi connectivity index (χ3v) is 1.98. The molecule has 3 nitrogen and oxygen atoms in total. The Balaban J connectivity index is 2.32. The molecule has 1 aliphatic rings. The van der Waals surface area contributed by atoms with E-state index in [0.29, 0.717) is 18.0 Å². The smallest absolute Gasteiger partial charge is 0.150 e. The van der Waals surface area contributed by atoms with E-state index < -0.39 is 0 Å². The summed E-state index contributed by atoms with van der Waals surface area (Å²) >= 11 is 0. The third kappa shape index (κ3) is 1.45. The zero-order valence-electron chi connectivity index (χ0n) is 6.96. The Hall–Kier alpha value is -1.29. The highest BCUT2D eigenvalue weighted by Gasteiger charge is 2.20. The van der Waals surface area contributed by atoms with Gasteiger partial charge >= 0.3 is 0 Å². The molecule has 0 spiro atoms. The minimum absolute atomic E-state index is 0.0617. The van der Waals surface area contributed by atoms with E-state index in [1.165, 1.54) is 6.07 Å². The summed E-state index contributed by atoms with van der Waals surface area (Å²) in [5.74, 6) is 0.153. The highest BCUT2D eigenvalue weighted by atomic mass is 19.1. The number of halogens is 1. The average Bonchev–Trinajstić information content (AvgIpc) is 2.18. The molecule has 2 rings (SSSR count). The Morgan fingerprint density at radius 1 is 1.62 bits per heavy atom. The van der Waals surface area contributed by atoms with E-state index in [1.54, 1.807) is 12.1 Å². The molecule has 0 saturated heterocycles. The first-order valence-electron chi connectivity index (χ1n) is 4.10. The van der Waals surface area contributed by atoms with Crippen molar-refractivity contribution in [1.29, 1.82) is 0 Å². The molecule has 70 valence electrons. The van der Waals surface area contributed by atoms with Crippen LogP contribution in [0.5, 0.6) is 5.75 Å². The fraction of sp³-hybridized carbons (Fsp3) is 0.333. The van der Waals surface area contributed by atoms with Gasteiger partial charge in [-0.15, -0.1) is 0 Å². The van der Waals surface area contributed by atoms with Gasteiger partial charge in [0.25, 0.3) is 0 Å². The maximum absolute atomic E-state index is 13.2. The monoisotopic (exact) mass is 183 g/mol. The van der Waals surface area contributed by atoms with Gasteiger partial charge in [-0.05, 0) is 12.1 Å². The molecule has 4 heteroatoms. The first-order valence-corrected chi connectivity index (χ1v) is 4.10. The second-order valence-electron chi connectivity index (χ2n) is 2.95. The predicted molar refractivity (Wildman–Crippen MR) is 46.4 cm³/mol. The number of anilines is 1. The maximum Gasteiger partial charge on any atom is 0.150 e. The van der Waals surface area contributed by atoms with Crippen molar-refractivity contribution >= 4 is 5.69 Å². The molecule has 0 aromatic heterocycles. The van der Waals surface area contributed by atoms with Crippen LogP contribution in [0.25, 0.3) is 0 Å². The molecule has 0 aliphatic carbocycles. The Bertz CT molecular complexity index is 316. The Morgan fingerprint density at radius 2 is 2.46 bits per heavy atom. The topological polar surface area (TPSA) is 41.5 Å². The molecule has 1 heterocycles. The Morgan fingerprint density at radius 3 is 3.23 bits per heavy atom. The summed E-state index contributed by atoms with van der Waals surface area (Å²) in [4.78, 5) is 0. The van der Waals surface area contributed by atoms with Crippen molar-refractivity contribution in [2.45, 2.75) is 6.04 Å². The van der Waals surface area contributed by atoms with Crippen molar-refractivity contribution in [1.82, 2.24) is 0 Å². The molecule has 1 aromatic rings. The van der Waals surface area contributed by atoms with Crippen LogP contribution < -0.4 is 10.1 Å². The van der Waals surface area contributed by atoms with Crippen molar-refractivity contribution in [3.8, 4) is 5.75 Å². The van der Waals surface area contributed by atoms with Crippen molar-refractivity contribution in [2.24, 2.45) is 0 Å². The van der Waals surface area contributed by atoms with Gasteiger partial charge in [0.1, 0.15) is 23.9 Å². The molecular weight excluding hydrogens is 173 g/mol. The molecule has 1 aromatic carbocycles. The lowest BCUT2D eigenvalue weighted by atomic mass is 10.2. The van der Waals surface area contributed by atoms with E-state index in [1.807, 2.05) is 0 Å². The maximum atomic E-state index is 13.2. The molecule has 0 saturated carbocycles. The lowest BCUT2D eigenvalue weighted by molar-refractivity contribution is 0.206. The van der Waals surface area contributed by atoms with E-state index in [0.717, 1.165) is 0 Å². The average molecular weight is 183 g/mol. The van der Waals surface area contributed by atoms with Crippen LogP contribution in [0.15, 0.2) is 18.2 Å². The summed E-state index contributed by atoms with van der Waals surface area (Å²) in [5.41, 5.74) is 0.341. The normalized spacial score (nSPS) is 20.0. The lowest BCUT2D eigenvalue weighted by Crippen LogP contribution is -2.34. The number of hydrogen-bond donors (Lipinski definition) is 2. The van der Waals surface area contributed by atoms with Gasteiger partial charge in [-0.3, -0.25) is 0 Å². The summed E-state index contributed by atoms with van der Waals surface area (Å²) in [7, 11) is 0. The van der Waals surface area contributed by atoms with Crippen LogP contribution in [0.3, 0.4) is 0 Å². The molecule has 1 atom stereocenters. The summed E-state index contributed by atoms with van der Waals surface area (Å²) in [6.07, 6.45) is 0. The number of aliphatic hydroxyl groups is 1. The highest BCUT2D eigenvalue weighted by Crippen LogP contribution is 2.30. The molecule has 1 aliphatic heterocycles. The third-order valence-electron chi connectivity index (χ3n) is 1.98. The highest BCUT2D eigenvalue weighted by molar-refractivity contribution is 5.59. The Kier molecular flexibility index (Phi) is 2.06. The van der Waals surface area contributed by atoms with Crippen LogP contribution in [0.2, 0.25) is 0 Å². The lowest BCUT2D eigenvalue weighted by Gasteiger charge is -2.26. The number of nitrogens with one attached hydrogen (secondary N) is 1. The fourth-order valence-electron chi connectivity index (χ4n) is 1.30. The minimum Gasteiger partial charge on any atom is -0.489 e. The molecule has 0 amide bonds. The SMILES string of the molecule is OCC1COc2cccc(F)c2N1. The zero-order valence-corrected chi connectivity index (χ0v) is 6.96. The largest absolute Gasteiger partial charge is 0.489 e. The van der Waals surface area contributed by atoms with E-state index in [4.69, 9.17) is 9.84 Å². The molecule has 0 radical (unpaired) electrons. The van der Waals surface area contributed by atoms with Crippen LogP contribution in [-0.2, 0) is 0 Å². The number of fused-ring (bicyclic) bond motifs is 1. The molecule has 0 bridgehead atoms. The van der Waals surface area contributed by atoms with Crippen LogP contribution in [0.4, 0.5) is 10.1 Å². The summed E-state index contributed by atoms with van der Waals surface area (Å²) in [6.45, 7) is 0.306. The van der Waals surface area contributed by atoms with Crippen molar-refractivity contribution in [2.75, 3.05) is 18.5 Å². The van der Waals surface area contributed by atoms with Crippen molar-refractivity contribution in [3.05, 3.63) is 24.0 Å². The number of benzene rings is 1. The van der Waals surface area contributed by atoms with Gasteiger partial charge in [0.2, 0.25) is 0 Å². The van der Waals surface area contributed by atoms with Gasteiger partial charge in [0, 0.05) is 0 Å². The van der Waals surface area contributed by atoms with E-state index in [-0.39, 0.29) is 18.5 Å². The second-order valence-corrected chi connectivity index (χ2v) is 2.95. The molecule has 13 heavy (non-hydrogen) atoms. The van der Waals surface area contributed by atoms with Gasteiger partial charge in [-0.25, -0.2) is 4.39 Å². The van der Waals surface area contributed by atoms with Crippen LogP contribution in [-0.4, -0.2) is 24.4 Å². The number of para-hydroxylation sites is 1. The standard InChI is InChI=1S/C9H10FNO2/c10-7-2-1-3-8-9(7)11-6(4-12)5-13-8/h1-3,6,11-12H,4-5H2. The minimum atomic E-state index is -0.351. The van der Waals surface area contributed by atoms with Crippen LogP contribution >= 0.6 is 0 Å². The molecule has 0 fully saturated rings. The van der Waals surface area contributed by atoms with Gasteiger partial charge in [0.15, 0.2) is 0 Å². The quantitative estimate of drug-likeness (QED) is 0.682. The van der Waals surface area contributed by atoms with Gasteiger partial charge in [-0.2, -0.15) is 0 Å². The summed E-state index contributed by atoms with van der Waals surface area (Å²) in [6, 6.07) is 4.42. The van der Waals surface area contributed by atoms with Crippen LogP contribution in [0, 0.1) is 5.82 Å². The molecular formula is C9H10FNO2. The number of hydrogen-bond acceptors (Lipinski definition) is 3. The van der Waals surface area contributed by atoms with E-state index >= 15 is 0 Å². The van der Waals surface area contributed by atoms with E-state index in [2.05, 4.69) is 5.32 Å². The fourth-order valence-corrected chi connectivity index (χ4v) is 1.30. The zero-order chi connectivity index (χ0) is 9.26. The number of rotatable bonds is 1. The molecule has 2 N–H and O–H groups in total. The second kappa shape index (κ2) is 3.22. The van der Waals surface area contributed by atoms with Gasteiger partial charge in [-0.1, -0.05) is 6.07 Å².